The quantitative estimate of drug-likeness (QED) is 0.387. The molecule has 0 radical (unpaired) electrons. The number of rotatable bonds is 3. The monoisotopic (exact) mass is 282 g/mol. The fourth-order valence-corrected chi connectivity index (χ4v) is 1.66. The highest BCUT2D eigenvalue weighted by Gasteiger charge is 2.10. The van der Waals surface area contributed by atoms with Crippen molar-refractivity contribution in [3.63, 3.8) is 0 Å². The molecule has 2 amide bonds. The molecule has 4 heteroatoms. The van der Waals surface area contributed by atoms with E-state index in [1.807, 2.05) is 13.8 Å². The summed E-state index contributed by atoms with van der Waals surface area (Å²) in [5.74, 6) is 1.71. The van der Waals surface area contributed by atoms with Gasteiger partial charge in [-0.25, -0.2) is 0 Å². The molecule has 1 rings (SSSR count). The van der Waals surface area contributed by atoms with Crippen molar-refractivity contribution in [2.24, 2.45) is 0 Å². The minimum atomic E-state index is -0.421. The minimum Gasteiger partial charge on any atom is -0.267 e. The second-order valence-corrected chi connectivity index (χ2v) is 4.33. The molecule has 0 unspecified atom stereocenters. The van der Waals surface area contributed by atoms with Gasteiger partial charge in [-0.3, -0.25) is 20.4 Å². The second-order valence-electron chi connectivity index (χ2n) is 4.33. The van der Waals surface area contributed by atoms with Crippen LogP contribution in [0.3, 0.4) is 0 Å². The lowest BCUT2D eigenvalue weighted by molar-refractivity contribution is -0.117. The summed E-state index contributed by atoms with van der Waals surface area (Å²) < 4.78 is 0. The third kappa shape index (κ3) is 4.36. The Bertz CT molecular complexity index is 649. The van der Waals surface area contributed by atoms with Gasteiger partial charge in [-0.05, 0) is 38.5 Å². The molecular formula is C17H18N2O2. The van der Waals surface area contributed by atoms with Crippen LogP contribution < -0.4 is 10.9 Å². The summed E-state index contributed by atoms with van der Waals surface area (Å²) in [7, 11) is 0. The van der Waals surface area contributed by atoms with Crippen LogP contribution in [0.1, 0.15) is 35.3 Å². The van der Waals surface area contributed by atoms with E-state index in [1.54, 1.807) is 43.4 Å². The van der Waals surface area contributed by atoms with Crippen molar-refractivity contribution in [1.82, 2.24) is 10.9 Å². The summed E-state index contributed by atoms with van der Waals surface area (Å²) >= 11 is 0. The van der Waals surface area contributed by atoms with Gasteiger partial charge in [0.25, 0.3) is 11.8 Å². The third-order valence-electron chi connectivity index (χ3n) is 2.86. The number of hydrogen-bond acceptors (Lipinski definition) is 2. The van der Waals surface area contributed by atoms with Gasteiger partial charge in [0.1, 0.15) is 0 Å². The smallest absolute Gasteiger partial charge is 0.267 e. The van der Waals surface area contributed by atoms with Crippen molar-refractivity contribution in [2.45, 2.75) is 20.8 Å². The number of hydrazine groups is 1. The number of carbonyl (C=O) groups is 2. The Morgan fingerprint density at radius 1 is 1.24 bits per heavy atom. The van der Waals surface area contributed by atoms with Crippen molar-refractivity contribution in [3.8, 4) is 12.3 Å². The number of hydrogen-bond donors (Lipinski definition) is 2. The van der Waals surface area contributed by atoms with Gasteiger partial charge in [-0.15, -0.1) is 6.42 Å². The molecule has 0 fully saturated rings. The van der Waals surface area contributed by atoms with Gasteiger partial charge in [0.2, 0.25) is 0 Å². The highest BCUT2D eigenvalue weighted by Crippen LogP contribution is 2.09. The maximum absolute atomic E-state index is 12.0. The third-order valence-corrected chi connectivity index (χ3v) is 2.86. The molecule has 1 aromatic rings. The summed E-state index contributed by atoms with van der Waals surface area (Å²) in [4.78, 5) is 23.8. The topological polar surface area (TPSA) is 58.2 Å². The fraction of sp³-hybridized carbons (Fsp3) is 0.176. The number of benzene rings is 1. The van der Waals surface area contributed by atoms with E-state index in [0.29, 0.717) is 16.7 Å². The van der Waals surface area contributed by atoms with Crippen LogP contribution in [0.2, 0.25) is 0 Å². The molecule has 0 bridgehead atoms. The minimum absolute atomic E-state index is 0.381. The van der Waals surface area contributed by atoms with Crippen molar-refractivity contribution in [1.29, 1.82) is 0 Å². The summed E-state index contributed by atoms with van der Waals surface area (Å²) in [6.07, 6.45) is 10.4. The first-order chi connectivity index (χ1) is 10.0. The van der Waals surface area contributed by atoms with E-state index < -0.39 is 5.91 Å². The maximum atomic E-state index is 12.0. The first-order valence-corrected chi connectivity index (χ1v) is 6.50. The standard InChI is InChI=1S/C17H18N2O2/c1-5-8-13(6-2)16(20)18-19-17(21)15-10-9-12(4)14(7-3)11-15/h3,5-6,8-11H,1-2,4H3,(H,18,20)(H,19,21)/b8-5-,13-6+. The predicted molar refractivity (Wildman–Crippen MR) is 83.3 cm³/mol. The van der Waals surface area contributed by atoms with E-state index in [1.165, 1.54) is 0 Å². The van der Waals surface area contributed by atoms with Crippen LogP contribution in [0.15, 0.2) is 42.0 Å². The molecule has 0 aliphatic carbocycles. The second kappa shape index (κ2) is 7.71. The molecule has 4 nitrogen and oxygen atoms in total. The van der Waals surface area contributed by atoms with Gasteiger partial charge >= 0.3 is 0 Å². The highest BCUT2D eigenvalue weighted by atomic mass is 16.2. The number of carbonyl (C=O) groups excluding carboxylic acids is 2. The summed E-state index contributed by atoms with van der Waals surface area (Å²) in [5.41, 5.74) is 7.14. The molecule has 108 valence electrons. The van der Waals surface area contributed by atoms with Crippen LogP contribution in [0.4, 0.5) is 0 Å². The lowest BCUT2D eigenvalue weighted by Crippen LogP contribution is -2.42. The first kappa shape index (κ1) is 16.3. The molecule has 0 aromatic heterocycles. The zero-order valence-electron chi connectivity index (χ0n) is 12.4. The summed E-state index contributed by atoms with van der Waals surface area (Å²) in [5, 5.41) is 0. The fourth-order valence-electron chi connectivity index (χ4n) is 1.66. The molecule has 0 saturated heterocycles. The molecule has 21 heavy (non-hydrogen) atoms. The van der Waals surface area contributed by atoms with Crippen LogP contribution in [0.5, 0.6) is 0 Å². The number of aryl methyl sites for hydroxylation is 1. The Kier molecular flexibility index (Phi) is 5.97. The number of terminal acetylenes is 1. The van der Waals surface area contributed by atoms with Crippen LogP contribution in [-0.4, -0.2) is 11.8 Å². The van der Waals surface area contributed by atoms with Crippen molar-refractivity contribution in [3.05, 3.63) is 58.7 Å². The Morgan fingerprint density at radius 3 is 2.52 bits per heavy atom. The summed E-state index contributed by atoms with van der Waals surface area (Å²) in [6, 6.07) is 5.03. The van der Waals surface area contributed by atoms with Crippen LogP contribution in [0, 0.1) is 19.3 Å². The largest absolute Gasteiger partial charge is 0.269 e. The Hall–Kier alpha value is -2.80. The van der Waals surface area contributed by atoms with Gasteiger partial charge in [0.05, 0.1) is 0 Å². The molecule has 2 N–H and O–H groups in total. The van der Waals surface area contributed by atoms with Gasteiger partial charge in [0, 0.05) is 16.7 Å². The zero-order valence-corrected chi connectivity index (χ0v) is 12.4. The van der Waals surface area contributed by atoms with Gasteiger partial charge < -0.3 is 0 Å². The van der Waals surface area contributed by atoms with Crippen LogP contribution in [-0.2, 0) is 4.79 Å². The predicted octanol–water partition coefficient (Wildman–Crippen LogP) is 2.26. The Morgan fingerprint density at radius 2 is 1.95 bits per heavy atom. The van der Waals surface area contributed by atoms with E-state index >= 15 is 0 Å². The highest BCUT2D eigenvalue weighted by molar-refractivity contribution is 6.00. The van der Waals surface area contributed by atoms with E-state index in [0.717, 1.165) is 5.56 Å². The van der Waals surface area contributed by atoms with Gasteiger partial charge in [-0.1, -0.05) is 30.2 Å². The van der Waals surface area contributed by atoms with Crippen LogP contribution in [0.25, 0.3) is 0 Å². The maximum Gasteiger partial charge on any atom is 0.269 e. The average molecular weight is 282 g/mol. The van der Waals surface area contributed by atoms with E-state index in [2.05, 4.69) is 16.8 Å². The van der Waals surface area contributed by atoms with Crippen molar-refractivity contribution in [2.75, 3.05) is 0 Å². The van der Waals surface area contributed by atoms with E-state index in [9.17, 15) is 9.59 Å². The Labute approximate surface area is 124 Å². The van der Waals surface area contributed by atoms with E-state index in [-0.39, 0.29) is 5.91 Å². The number of allylic oxidation sites excluding steroid dienone is 2. The lowest BCUT2D eigenvalue weighted by Gasteiger charge is -2.08. The Balaban J connectivity index is 2.75. The SMILES string of the molecule is C#Cc1cc(C(=O)NNC(=O)C(/C=C\C)=C/C)ccc1C. The molecule has 0 saturated carbocycles. The molecule has 0 aliphatic heterocycles. The van der Waals surface area contributed by atoms with E-state index in [4.69, 9.17) is 6.42 Å². The van der Waals surface area contributed by atoms with Crippen molar-refractivity contribution < 1.29 is 9.59 Å². The number of nitrogens with one attached hydrogen (secondary N) is 2. The molecule has 0 aliphatic rings. The zero-order chi connectivity index (χ0) is 15.8. The molecule has 0 heterocycles. The number of amides is 2. The van der Waals surface area contributed by atoms with Gasteiger partial charge in [-0.2, -0.15) is 0 Å². The van der Waals surface area contributed by atoms with Gasteiger partial charge in [0.15, 0.2) is 0 Å². The lowest BCUT2D eigenvalue weighted by atomic mass is 10.1. The normalized spacial score (nSPS) is 11.0. The molecule has 1 aromatic carbocycles. The first-order valence-electron chi connectivity index (χ1n) is 6.50. The molecule has 0 atom stereocenters. The van der Waals surface area contributed by atoms with Crippen LogP contribution >= 0.6 is 0 Å². The summed E-state index contributed by atoms with van der Waals surface area (Å²) in [6.45, 7) is 5.42. The molecular weight excluding hydrogens is 264 g/mol. The average Bonchev–Trinajstić information content (AvgIpc) is 2.50. The molecule has 0 spiro atoms. The van der Waals surface area contributed by atoms with Crippen molar-refractivity contribution >= 4 is 11.8 Å².